The van der Waals surface area contributed by atoms with Gasteiger partial charge >= 0.3 is 0 Å². The van der Waals surface area contributed by atoms with E-state index in [1.165, 1.54) is 6.07 Å². The third-order valence-electron chi connectivity index (χ3n) is 4.23. The number of rotatable bonds is 6. The molecule has 0 unspecified atom stereocenters. The third-order valence-corrected chi connectivity index (χ3v) is 4.67. The molecule has 0 spiro atoms. The number of aryl methyl sites for hydroxylation is 1. The number of amides is 1. The molecule has 3 aromatic carbocycles. The predicted octanol–water partition coefficient (Wildman–Crippen LogP) is 4.57. The molecule has 0 bridgehead atoms. The van der Waals surface area contributed by atoms with E-state index in [1.54, 1.807) is 36.4 Å². The maximum Gasteiger partial charge on any atom is 0.250 e. The Labute approximate surface area is 168 Å². The van der Waals surface area contributed by atoms with E-state index in [9.17, 15) is 9.18 Å². The standard InChI is InChI=1S/C22H19FN2O2S/c1-14-6-2-3-7-16(14)22(28)17-11-10-15(12-18(17)23)24-19-8-4-5-9-20(19)25-21(27)13-26/h2-12,24,26H,13H2,1H3,(H,25,27). The number of nitrogens with one attached hydrogen (secondary N) is 2. The number of aliphatic hydroxyl groups excluding tert-OH is 1. The fourth-order valence-corrected chi connectivity index (χ4v) is 3.19. The Balaban J connectivity index is 1.85. The average molecular weight is 394 g/mol. The van der Waals surface area contributed by atoms with Gasteiger partial charge in [0.1, 0.15) is 12.4 Å². The molecule has 0 aromatic heterocycles. The van der Waals surface area contributed by atoms with Crippen LogP contribution in [-0.4, -0.2) is 22.5 Å². The average Bonchev–Trinajstić information content (AvgIpc) is 2.69. The van der Waals surface area contributed by atoms with Gasteiger partial charge in [-0.3, -0.25) is 4.79 Å². The minimum atomic E-state index is -0.617. The zero-order chi connectivity index (χ0) is 20.1. The summed E-state index contributed by atoms with van der Waals surface area (Å²) in [4.78, 5) is 11.9. The first-order chi connectivity index (χ1) is 13.5. The highest BCUT2D eigenvalue weighted by Crippen LogP contribution is 2.27. The van der Waals surface area contributed by atoms with Gasteiger partial charge in [-0.05, 0) is 48.4 Å². The third kappa shape index (κ3) is 4.42. The number of halogens is 1. The van der Waals surface area contributed by atoms with Gasteiger partial charge in [-0.2, -0.15) is 0 Å². The summed E-state index contributed by atoms with van der Waals surface area (Å²) in [5, 5.41) is 14.6. The molecule has 0 aliphatic rings. The summed E-state index contributed by atoms with van der Waals surface area (Å²) >= 11 is 5.49. The monoisotopic (exact) mass is 394 g/mol. The van der Waals surface area contributed by atoms with Crippen molar-refractivity contribution < 1.29 is 14.3 Å². The van der Waals surface area contributed by atoms with Crippen LogP contribution in [0.5, 0.6) is 0 Å². The van der Waals surface area contributed by atoms with Crippen molar-refractivity contribution in [1.82, 2.24) is 0 Å². The van der Waals surface area contributed by atoms with Gasteiger partial charge in [0.25, 0.3) is 0 Å². The fourth-order valence-electron chi connectivity index (χ4n) is 2.80. The van der Waals surface area contributed by atoms with Crippen LogP contribution in [0.3, 0.4) is 0 Å². The van der Waals surface area contributed by atoms with Gasteiger partial charge < -0.3 is 15.7 Å². The number of carbonyl (C=O) groups excluding carboxylic acids is 1. The van der Waals surface area contributed by atoms with Crippen molar-refractivity contribution in [2.75, 3.05) is 17.2 Å². The molecule has 0 radical (unpaired) electrons. The first-order valence-electron chi connectivity index (χ1n) is 8.66. The van der Waals surface area contributed by atoms with Crippen LogP contribution in [0.4, 0.5) is 21.5 Å². The molecule has 0 aliphatic carbocycles. The molecule has 0 aliphatic heterocycles. The highest BCUT2D eigenvalue weighted by molar-refractivity contribution is 7.81. The fraction of sp³-hybridized carbons (Fsp3) is 0.0909. The van der Waals surface area contributed by atoms with Gasteiger partial charge in [0.15, 0.2) is 0 Å². The molecule has 3 rings (SSSR count). The summed E-state index contributed by atoms with van der Waals surface area (Å²) in [6.45, 7) is 1.32. The normalized spacial score (nSPS) is 10.4. The van der Waals surface area contributed by atoms with Gasteiger partial charge in [-0.15, -0.1) is 0 Å². The smallest absolute Gasteiger partial charge is 0.250 e. The number of aliphatic hydroxyl groups is 1. The maximum atomic E-state index is 14.8. The first-order valence-corrected chi connectivity index (χ1v) is 9.07. The van der Waals surface area contributed by atoms with Crippen molar-refractivity contribution in [3.8, 4) is 0 Å². The molecule has 6 heteroatoms. The predicted molar refractivity (Wildman–Crippen MR) is 114 cm³/mol. The lowest BCUT2D eigenvalue weighted by molar-refractivity contribution is -0.118. The van der Waals surface area contributed by atoms with Crippen molar-refractivity contribution in [3.05, 3.63) is 89.2 Å². The zero-order valence-electron chi connectivity index (χ0n) is 15.2. The molecule has 0 atom stereocenters. The summed E-state index contributed by atoms with van der Waals surface area (Å²) in [6.07, 6.45) is 0. The van der Waals surface area contributed by atoms with Crippen molar-refractivity contribution >= 4 is 40.1 Å². The van der Waals surface area contributed by atoms with E-state index in [0.717, 1.165) is 11.1 Å². The second-order valence-electron chi connectivity index (χ2n) is 6.22. The van der Waals surface area contributed by atoms with Crippen molar-refractivity contribution in [1.29, 1.82) is 0 Å². The quantitative estimate of drug-likeness (QED) is 0.423. The van der Waals surface area contributed by atoms with Gasteiger partial charge in [0.2, 0.25) is 5.91 Å². The molecule has 0 saturated carbocycles. The van der Waals surface area contributed by atoms with E-state index >= 15 is 0 Å². The van der Waals surface area contributed by atoms with Crippen LogP contribution in [0.25, 0.3) is 0 Å². The zero-order valence-corrected chi connectivity index (χ0v) is 16.0. The Kier molecular flexibility index (Phi) is 6.13. The van der Waals surface area contributed by atoms with Crippen LogP contribution in [0, 0.1) is 12.7 Å². The summed E-state index contributed by atoms with van der Waals surface area (Å²) in [5.74, 6) is -0.963. The number of para-hydroxylation sites is 2. The van der Waals surface area contributed by atoms with E-state index in [-0.39, 0.29) is 0 Å². The van der Waals surface area contributed by atoms with Crippen molar-refractivity contribution in [2.24, 2.45) is 0 Å². The van der Waals surface area contributed by atoms with Crippen LogP contribution in [-0.2, 0) is 4.79 Å². The van der Waals surface area contributed by atoms with Gasteiger partial charge in [-0.25, -0.2) is 4.39 Å². The molecule has 0 fully saturated rings. The Hall–Kier alpha value is -3.09. The molecular weight excluding hydrogens is 375 g/mol. The van der Waals surface area contributed by atoms with E-state index in [1.807, 2.05) is 31.2 Å². The van der Waals surface area contributed by atoms with Crippen LogP contribution in [0.2, 0.25) is 0 Å². The number of carbonyl (C=O) groups is 1. The second kappa shape index (κ2) is 8.73. The number of thiocarbonyl (C=S) groups is 1. The Morgan fingerprint density at radius 3 is 2.36 bits per heavy atom. The highest BCUT2D eigenvalue weighted by Gasteiger charge is 2.13. The van der Waals surface area contributed by atoms with Crippen molar-refractivity contribution in [3.63, 3.8) is 0 Å². The number of hydrogen-bond donors (Lipinski definition) is 3. The highest BCUT2D eigenvalue weighted by atomic mass is 32.1. The Morgan fingerprint density at radius 1 is 1.00 bits per heavy atom. The summed E-state index contributed by atoms with van der Waals surface area (Å²) in [6, 6.07) is 19.3. The molecule has 28 heavy (non-hydrogen) atoms. The van der Waals surface area contributed by atoms with E-state index < -0.39 is 18.3 Å². The second-order valence-corrected chi connectivity index (χ2v) is 6.62. The Bertz CT molecular complexity index is 1040. The molecular formula is C22H19FN2O2S. The largest absolute Gasteiger partial charge is 0.387 e. The van der Waals surface area contributed by atoms with Crippen molar-refractivity contribution in [2.45, 2.75) is 6.92 Å². The molecule has 3 N–H and O–H groups in total. The molecule has 1 amide bonds. The van der Waals surface area contributed by atoms with E-state index in [4.69, 9.17) is 17.3 Å². The summed E-state index contributed by atoms with van der Waals surface area (Å²) < 4.78 is 14.8. The summed E-state index contributed by atoms with van der Waals surface area (Å²) in [7, 11) is 0. The number of benzene rings is 3. The topological polar surface area (TPSA) is 61.4 Å². The molecule has 3 aromatic rings. The van der Waals surface area contributed by atoms with Crippen LogP contribution >= 0.6 is 12.2 Å². The summed E-state index contributed by atoms with van der Waals surface area (Å²) in [5.41, 5.74) is 3.76. The molecule has 4 nitrogen and oxygen atoms in total. The Morgan fingerprint density at radius 2 is 1.68 bits per heavy atom. The molecule has 0 heterocycles. The lowest BCUT2D eigenvalue weighted by Gasteiger charge is -2.14. The van der Waals surface area contributed by atoms with Crippen LogP contribution in [0.15, 0.2) is 66.7 Å². The van der Waals surface area contributed by atoms with Gasteiger partial charge in [0, 0.05) is 11.3 Å². The van der Waals surface area contributed by atoms with Gasteiger partial charge in [0.05, 0.1) is 16.2 Å². The first kappa shape index (κ1) is 19.7. The van der Waals surface area contributed by atoms with E-state index in [0.29, 0.717) is 27.5 Å². The SMILES string of the molecule is Cc1ccccc1C(=S)c1ccc(Nc2ccccc2NC(=O)CO)cc1F. The lowest BCUT2D eigenvalue weighted by atomic mass is 9.99. The minimum Gasteiger partial charge on any atom is -0.387 e. The maximum absolute atomic E-state index is 14.8. The minimum absolute atomic E-state index is 0.358. The molecule has 0 saturated heterocycles. The lowest BCUT2D eigenvalue weighted by Crippen LogP contribution is -2.16. The number of hydrogen-bond acceptors (Lipinski definition) is 4. The molecule has 142 valence electrons. The van der Waals surface area contributed by atoms with Crippen LogP contribution < -0.4 is 10.6 Å². The van der Waals surface area contributed by atoms with Gasteiger partial charge in [-0.1, -0.05) is 48.6 Å². The van der Waals surface area contributed by atoms with E-state index in [2.05, 4.69) is 10.6 Å². The van der Waals surface area contributed by atoms with Crippen LogP contribution in [0.1, 0.15) is 16.7 Å². The number of anilines is 3.